The molecule has 0 spiro atoms. The number of amides is 1. The Labute approximate surface area is 136 Å². The molecule has 1 amide bonds. The summed E-state index contributed by atoms with van der Waals surface area (Å²) in [5.41, 5.74) is 0.413. The number of nitro groups is 1. The van der Waals surface area contributed by atoms with E-state index in [-0.39, 0.29) is 23.1 Å². The van der Waals surface area contributed by atoms with Crippen molar-refractivity contribution in [1.29, 1.82) is 0 Å². The highest BCUT2D eigenvalue weighted by Gasteiger charge is 2.12. The average molecular weight is 337 g/mol. The summed E-state index contributed by atoms with van der Waals surface area (Å²) in [5, 5.41) is 13.3. The molecular formula is C15H13ClN2O5. The van der Waals surface area contributed by atoms with Crippen LogP contribution in [0.15, 0.2) is 42.5 Å². The Hall–Kier alpha value is -2.80. The van der Waals surface area contributed by atoms with Crippen LogP contribution in [0.2, 0.25) is 5.02 Å². The standard InChI is InChI=1S/C15H13ClN2O5/c1-22-12-4-2-3-10(7-12)17-15(19)9-23-14-6-5-11(18(20)21)8-13(14)16/h2-8H,9H2,1H3,(H,17,19). The Morgan fingerprint density at radius 3 is 2.74 bits per heavy atom. The summed E-state index contributed by atoms with van der Waals surface area (Å²) in [4.78, 5) is 21.9. The van der Waals surface area contributed by atoms with Crippen LogP contribution >= 0.6 is 11.6 Å². The minimum absolute atomic E-state index is 0.0633. The van der Waals surface area contributed by atoms with Crippen molar-refractivity contribution in [3.63, 3.8) is 0 Å². The quantitative estimate of drug-likeness (QED) is 0.645. The zero-order valence-electron chi connectivity index (χ0n) is 12.1. The van der Waals surface area contributed by atoms with E-state index in [2.05, 4.69) is 5.32 Å². The fourth-order valence-electron chi connectivity index (χ4n) is 1.76. The Morgan fingerprint density at radius 1 is 1.30 bits per heavy atom. The van der Waals surface area contributed by atoms with E-state index < -0.39 is 10.8 Å². The van der Waals surface area contributed by atoms with Gasteiger partial charge in [-0.15, -0.1) is 0 Å². The first-order valence-electron chi connectivity index (χ1n) is 6.50. The van der Waals surface area contributed by atoms with Gasteiger partial charge in [-0.2, -0.15) is 0 Å². The number of nitrogens with zero attached hydrogens (tertiary/aromatic N) is 1. The lowest BCUT2D eigenvalue weighted by Gasteiger charge is -2.09. The maximum Gasteiger partial charge on any atom is 0.271 e. The molecule has 0 aliphatic carbocycles. The molecule has 0 bridgehead atoms. The maximum absolute atomic E-state index is 11.8. The average Bonchev–Trinajstić information content (AvgIpc) is 2.53. The SMILES string of the molecule is COc1cccc(NC(=O)COc2ccc([N+](=O)[O-])cc2Cl)c1. The number of nitro benzene ring substituents is 1. The first-order chi connectivity index (χ1) is 11.0. The second kappa shape index (κ2) is 7.46. The molecule has 1 N–H and O–H groups in total. The lowest BCUT2D eigenvalue weighted by molar-refractivity contribution is -0.384. The number of methoxy groups -OCH3 is 1. The molecule has 0 aliphatic heterocycles. The Balaban J connectivity index is 1.95. The molecular weight excluding hydrogens is 324 g/mol. The molecule has 7 nitrogen and oxygen atoms in total. The first kappa shape index (κ1) is 16.6. The number of anilines is 1. The van der Waals surface area contributed by atoms with Gasteiger partial charge in [-0.1, -0.05) is 17.7 Å². The summed E-state index contributed by atoms with van der Waals surface area (Å²) < 4.78 is 10.3. The third-order valence-electron chi connectivity index (χ3n) is 2.84. The van der Waals surface area contributed by atoms with Gasteiger partial charge < -0.3 is 14.8 Å². The molecule has 0 unspecified atom stereocenters. The molecule has 0 fully saturated rings. The van der Waals surface area contributed by atoms with Crippen molar-refractivity contribution >= 4 is 28.9 Å². The molecule has 2 aromatic carbocycles. The molecule has 120 valence electrons. The lowest BCUT2D eigenvalue weighted by Crippen LogP contribution is -2.20. The number of hydrogen-bond donors (Lipinski definition) is 1. The summed E-state index contributed by atoms with van der Waals surface area (Å²) in [6.45, 7) is -0.283. The zero-order valence-corrected chi connectivity index (χ0v) is 12.9. The van der Waals surface area contributed by atoms with Crippen molar-refractivity contribution in [2.45, 2.75) is 0 Å². The van der Waals surface area contributed by atoms with Crippen LogP contribution < -0.4 is 14.8 Å². The molecule has 8 heteroatoms. The molecule has 23 heavy (non-hydrogen) atoms. The van der Waals surface area contributed by atoms with Gasteiger partial charge in [0, 0.05) is 23.9 Å². The van der Waals surface area contributed by atoms with Gasteiger partial charge >= 0.3 is 0 Å². The highest BCUT2D eigenvalue weighted by Crippen LogP contribution is 2.28. The summed E-state index contributed by atoms with van der Waals surface area (Å²) in [6, 6.07) is 10.6. The lowest BCUT2D eigenvalue weighted by atomic mass is 10.3. The van der Waals surface area contributed by atoms with E-state index in [1.807, 2.05) is 0 Å². The van der Waals surface area contributed by atoms with Crippen LogP contribution in [0.25, 0.3) is 0 Å². The monoisotopic (exact) mass is 336 g/mol. The molecule has 0 heterocycles. The number of carbonyl (C=O) groups excluding carboxylic acids is 1. The van der Waals surface area contributed by atoms with Gasteiger partial charge in [0.25, 0.3) is 11.6 Å². The molecule has 2 aromatic rings. The van der Waals surface area contributed by atoms with Crippen LogP contribution in [-0.2, 0) is 4.79 Å². The third-order valence-corrected chi connectivity index (χ3v) is 3.13. The van der Waals surface area contributed by atoms with E-state index in [1.54, 1.807) is 24.3 Å². The topological polar surface area (TPSA) is 90.7 Å². The van der Waals surface area contributed by atoms with E-state index in [1.165, 1.54) is 19.2 Å². The largest absolute Gasteiger partial charge is 0.497 e. The van der Waals surface area contributed by atoms with Crippen LogP contribution in [0.4, 0.5) is 11.4 Å². The number of non-ortho nitro benzene ring substituents is 1. The van der Waals surface area contributed by atoms with Crippen molar-refractivity contribution < 1.29 is 19.2 Å². The van der Waals surface area contributed by atoms with Crippen molar-refractivity contribution in [2.24, 2.45) is 0 Å². The molecule has 2 rings (SSSR count). The third kappa shape index (κ3) is 4.58. The molecule has 0 aromatic heterocycles. The number of hydrogen-bond acceptors (Lipinski definition) is 5. The summed E-state index contributed by atoms with van der Waals surface area (Å²) in [7, 11) is 1.53. The van der Waals surface area contributed by atoms with E-state index >= 15 is 0 Å². The van der Waals surface area contributed by atoms with Crippen LogP contribution in [-0.4, -0.2) is 24.5 Å². The second-order valence-corrected chi connectivity index (χ2v) is 4.85. The van der Waals surface area contributed by atoms with Crippen LogP contribution in [0.5, 0.6) is 11.5 Å². The van der Waals surface area contributed by atoms with Gasteiger partial charge in [-0.25, -0.2) is 0 Å². The zero-order chi connectivity index (χ0) is 16.8. The maximum atomic E-state index is 11.8. The highest BCUT2D eigenvalue weighted by molar-refractivity contribution is 6.32. The Morgan fingerprint density at radius 2 is 2.09 bits per heavy atom. The van der Waals surface area contributed by atoms with Crippen LogP contribution in [0, 0.1) is 10.1 Å². The van der Waals surface area contributed by atoms with Gasteiger partial charge in [0.05, 0.1) is 17.1 Å². The van der Waals surface area contributed by atoms with Crippen LogP contribution in [0.1, 0.15) is 0 Å². The minimum atomic E-state index is -0.564. The molecule has 0 atom stereocenters. The first-order valence-corrected chi connectivity index (χ1v) is 6.88. The van der Waals surface area contributed by atoms with Crippen molar-refractivity contribution in [3.05, 3.63) is 57.6 Å². The van der Waals surface area contributed by atoms with E-state index in [4.69, 9.17) is 21.1 Å². The minimum Gasteiger partial charge on any atom is -0.497 e. The Kier molecular flexibility index (Phi) is 5.37. The highest BCUT2D eigenvalue weighted by atomic mass is 35.5. The van der Waals surface area contributed by atoms with Gasteiger partial charge in [0.2, 0.25) is 0 Å². The number of ether oxygens (including phenoxy) is 2. The molecule has 0 aliphatic rings. The summed E-state index contributed by atoms with van der Waals surface area (Å²) >= 11 is 5.88. The van der Waals surface area contributed by atoms with Crippen LogP contribution in [0.3, 0.4) is 0 Å². The van der Waals surface area contributed by atoms with Gasteiger partial charge in [-0.05, 0) is 18.2 Å². The van der Waals surface area contributed by atoms with E-state index in [0.717, 1.165) is 6.07 Å². The molecule has 0 saturated carbocycles. The van der Waals surface area contributed by atoms with Gasteiger partial charge in [0.15, 0.2) is 6.61 Å². The smallest absolute Gasteiger partial charge is 0.271 e. The number of carbonyl (C=O) groups is 1. The van der Waals surface area contributed by atoms with Crippen molar-refractivity contribution in [1.82, 2.24) is 0 Å². The number of rotatable bonds is 6. The Bertz CT molecular complexity index is 736. The summed E-state index contributed by atoms with van der Waals surface area (Å²) in [6.07, 6.45) is 0. The fourth-order valence-corrected chi connectivity index (χ4v) is 1.99. The second-order valence-electron chi connectivity index (χ2n) is 4.44. The van der Waals surface area contributed by atoms with Gasteiger partial charge in [-0.3, -0.25) is 14.9 Å². The number of benzene rings is 2. The van der Waals surface area contributed by atoms with Crippen molar-refractivity contribution in [2.75, 3.05) is 19.0 Å². The number of halogens is 1. The molecule has 0 saturated heterocycles. The van der Waals surface area contributed by atoms with Gasteiger partial charge in [0.1, 0.15) is 11.5 Å². The van der Waals surface area contributed by atoms with Crippen molar-refractivity contribution in [3.8, 4) is 11.5 Å². The fraction of sp³-hybridized carbons (Fsp3) is 0.133. The molecule has 0 radical (unpaired) electrons. The predicted octanol–water partition coefficient (Wildman–Crippen LogP) is 3.27. The number of nitrogens with one attached hydrogen (secondary N) is 1. The normalized spacial score (nSPS) is 10.0. The van der Waals surface area contributed by atoms with E-state index in [9.17, 15) is 14.9 Å². The van der Waals surface area contributed by atoms with E-state index in [0.29, 0.717) is 11.4 Å². The predicted molar refractivity (Wildman–Crippen MR) is 85.2 cm³/mol. The summed E-state index contributed by atoms with van der Waals surface area (Å²) in [5.74, 6) is 0.410.